The number of carboxylic acids is 1. The number of halogens is 3. The van der Waals surface area contributed by atoms with Crippen molar-refractivity contribution in [3.05, 3.63) is 41.2 Å². The van der Waals surface area contributed by atoms with Crippen LogP contribution >= 0.6 is 0 Å². The fraction of sp³-hybridized carbons (Fsp3) is 0.167. The number of carbonyl (C=O) groups excluding carboxylic acids is 1. The Hall–Kier alpha value is -2.31. The van der Waals surface area contributed by atoms with Crippen LogP contribution in [0.5, 0.6) is 5.75 Å². The van der Waals surface area contributed by atoms with Crippen LogP contribution in [0.25, 0.3) is 0 Å². The van der Waals surface area contributed by atoms with Crippen molar-refractivity contribution in [2.24, 2.45) is 0 Å². The molecular weight excluding hydrogens is 265 g/mol. The highest BCUT2D eigenvalue weighted by Crippen LogP contribution is 2.28. The largest absolute Gasteiger partial charge is 0.488 e. The van der Waals surface area contributed by atoms with E-state index in [1.165, 1.54) is 6.92 Å². The van der Waals surface area contributed by atoms with Crippen LogP contribution in [0, 0.1) is 17.5 Å². The first-order valence-electron chi connectivity index (χ1n) is 5.08. The summed E-state index contributed by atoms with van der Waals surface area (Å²) in [5.74, 6) is -8.68. The van der Waals surface area contributed by atoms with E-state index in [1.54, 1.807) is 0 Å². The van der Waals surface area contributed by atoms with Gasteiger partial charge in [0.1, 0.15) is 5.57 Å². The lowest BCUT2D eigenvalue weighted by molar-refractivity contribution is -0.132. The molecule has 1 N–H and O–H groups in total. The van der Waals surface area contributed by atoms with Gasteiger partial charge in [0.15, 0.2) is 17.4 Å². The van der Waals surface area contributed by atoms with E-state index in [4.69, 9.17) is 5.11 Å². The summed E-state index contributed by atoms with van der Waals surface area (Å²) in [6, 6.07) is 0.267. The van der Waals surface area contributed by atoms with Gasteiger partial charge in [-0.05, 0) is 13.0 Å². The summed E-state index contributed by atoms with van der Waals surface area (Å²) in [7, 11) is 0. The molecule has 4 nitrogen and oxygen atoms in total. The van der Waals surface area contributed by atoms with Crippen LogP contribution in [0.1, 0.15) is 17.3 Å². The molecule has 1 rings (SSSR count). The van der Waals surface area contributed by atoms with E-state index in [0.29, 0.717) is 0 Å². The lowest BCUT2D eigenvalue weighted by atomic mass is 10.0. The van der Waals surface area contributed by atoms with Crippen LogP contribution in [0.2, 0.25) is 0 Å². The number of hydrogen-bond donors (Lipinski definition) is 1. The molecule has 7 heteroatoms. The summed E-state index contributed by atoms with van der Waals surface area (Å²) in [5.41, 5.74) is -1.91. The van der Waals surface area contributed by atoms with E-state index < -0.39 is 46.1 Å². The highest BCUT2D eigenvalue weighted by atomic mass is 19.2. The van der Waals surface area contributed by atoms with Crippen LogP contribution < -0.4 is 4.74 Å². The lowest BCUT2D eigenvalue weighted by Crippen LogP contribution is -2.15. The van der Waals surface area contributed by atoms with Crippen molar-refractivity contribution in [3.8, 4) is 5.75 Å². The first kappa shape index (κ1) is 14.7. The normalized spacial score (nSPS) is 10.1. The molecule has 1 aromatic carbocycles. The number of ketones is 1. The van der Waals surface area contributed by atoms with E-state index in [9.17, 15) is 22.8 Å². The zero-order valence-corrected chi connectivity index (χ0v) is 9.80. The van der Waals surface area contributed by atoms with Gasteiger partial charge in [0.05, 0.1) is 12.2 Å². The van der Waals surface area contributed by atoms with Gasteiger partial charge in [0.2, 0.25) is 11.6 Å². The van der Waals surface area contributed by atoms with E-state index in [2.05, 4.69) is 11.3 Å². The number of carboxylic acid groups (broad SMARTS) is 1. The number of ether oxygens (including phenoxy) is 1. The van der Waals surface area contributed by atoms with Crippen molar-refractivity contribution < 1.29 is 32.6 Å². The third kappa shape index (κ3) is 2.75. The minimum Gasteiger partial charge on any atom is -0.488 e. The summed E-state index contributed by atoms with van der Waals surface area (Å²) in [6.07, 6.45) is 0. The molecule has 0 aliphatic heterocycles. The number of rotatable bonds is 5. The van der Waals surface area contributed by atoms with Gasteiger partial charge in [0.25, 0.3) is 0 Å². The van der Waals surface area contributed by atoms with Crippen molar-refractivity contribution in [1.29, 1.82) is 0 Å². The standard InChI is InChI=1S/C12H9F3O4/c1-3-19-11-8(14)6(4-7(13)9(11)15)10(16)5(2)12(17)18/h4H,2-3H2,1H3,(H,17,18). The quantitative estimate of drug-likeness (QED) is 0.294. The number of hydrogen-bond acceptors (Lipinski definition) is 3. The second-order valence-corrected chi connectivity index (χ2v) is 3.41. The molecule has 0 amide bonds. The Morgan fingerprint density at radius 2 is 1.89 bits per heavy atom. The first-order chi connectivity index (χ1) is 8.81. The highest BCUT2D eigenvalue weighted by molar-refractivity contribution is 6.23. The Balaban J connectivity index is 3.41. The number of Topliss-reactive ketones (excluding diaryl/α,β-unsaturated/α-hetero) is 1. The SMILES string of the molecule is C=C(C(=O)O)C(=O)c1cc(F)c(F)c(OCC)c1F. The van der Waals surface area contributed by atoms with Crippen LogP contribution in [0.3, 0.4) is 0 Å². The molecule has 0 aromatic heterocycles. The average molecular weight is 274 g/mol. The summed E-state index contributed by atoms with van der Waals surface area (Å²) >= 11 is 0. The number of aliphatic carboxylic acids is 1. The fourth-order valence-corrected chi connectivity index (χ4v) is 1.28. The van der Waals surface area contributed by atoms with Crippen molar-refractivity contribution in [2.45, 2.75) is 6.92 Å². The molecule has 0 spiro atoms. The Morgan fingerprint density at radius 3 is 2.37 bits per heavy atom. The molecule has 0 saturated carbocycles. The van der Waals surface area contributed by atoms with Crippen LogP contribution in [-0.2, 0) is 4.79 Å². The zero-order valence-electron chi connectivity index (χ0n) is 9.80. The molecular formula is C12H9F3O4. The molecule has 0 radical (unpaired) electrons. The summed E-state index contributed by atoms with van der Waals surface area (Å²) in [6.45, 7) is 4.17. The van der Waals surface area contributed by atoms with Crippen LogP contribution in [-0.4, -0.2) is 23.5 Å². The summed E-state index contributed by atoms with van der Waals surface area (Å²) in [4.78, 5) is 22.1. The van der Waals surface area contributed by atoms with Crippen molar-refractivity contribution in [1.82, 2.24) is 0 Å². The van der Waals surface area contributed by atoms with Gasteiger partial charge in [-0.1, -0.05) is 6.58 Å². The molecule has 0 heterocycles. The van der Waals surface area contributed by atoms with E-state index in [-0.39, 0.29) is 12.7 Å². The zero-order chi connectivity index (χ0) is 14.7. The number of benzene rings is 1. The molecule has 1 aromatic rings. The van der Waals surface area contributed by atoms with Crippen LogP contribution in [0.4, 0.5) is 13.2 Å². The van der Waals surface area contributed by atoms with Gasteiger partial charge in [0, 0.05) is 0 Å². The van der Waals surface area contributed by atoms with Crippen molar-refractivity contribution in [3.63, 3.8) is 0 Å². The first-order valence-corrected chi connectivity index (χ1v) is 5.08. The minimum atomic E-state index is -1.69. The minimum absolute atomic E-state index is 0.162. The fourth-order valence-electron chi connectivity index (χ4n) is 1.28. The van der Waals surface area contributed by atoms with Gasteiger partial charge in [-0.15, -0.1) is 0 Å². The average Bonchev–Trinajstić information content (AvgIpc) is 2.37. The maximum atomic E-state index is 13.8. The monoisotopic (exact) mass is 274 g/mol. The van der Waals surface area contributed by atoms with Gasteiger partial charge < -0.3 is 9.84 Å². The predicted octanol–water partition coefficient (Wildman–Crippen LogP) is 2.33. The molecule has 0 bridgehead atoms. The Bertz CT molecular complexity index is 567. The smallest absolute Gasteiger partial charge is 0.339 e. The predicted molar refractivity (Wildman–Crippen MR) is 58.6 cm³/mol. The van der Waals surface area contributed by atoms with Gasteiger partial charge in [-0.2, -0.15) is 4.39 Å². The van der Waals surface area contributed by atoms with E-state index >= 15 is 0 Å². The molecule has 19 heavy (non-hydrogen) atoms. The maximum absolute atomic E-state index is 13.8. The Morgan fingerprint density at radius 1 is 1.32 bits per heavy atom. The lowest BCUT2D eigenvalue weighted by Gasteiger charge is -2.10. The van der Waals surface area contributed by atoms with Crippen LogP contribution in [0.15, 0.2) is 18.2 Å². The van der Waals surface area contributed by atoms with Gasteiger partial charge >= 0.3 is 5.97 Å². The summed E-state index contributed by atoms with van der Waals surface area (Å²) < 4.78 is 44.8. The molecule has 0 aliphatic rings. The molecule has 0 aliphatic carbocycles. The third-order valence-corrected chi connectivity index (χ3v) is 2.18. The van der Waals surface area contributed by atoms with Crippen molar-refractivity contribution in [2.75, 3.05) is 6.61 Å². The van der Waals surface area contributed by atoms with Gasteiger partial charge in [-0.25, -0.2) is 13.6 Å². The molecule has 0 unspecified atom stereocenters. The Labute approximate surface area is 106 Å². The summed E-state index contributed by atoms with van der Waals surface area (Å²) in [5, 5.41) is 8.56. The second kappa shape index (κ2) is 5.55. The second-order valence-electron chi connectivity index (χ2n) is 3.41. The molecule has 0 atom stereocenters. The van der Waals surface area contributed by atoms with Gasteiger partial charge in [-0.3, -0.25) is 4.79 Å². The third-order valence-electron chi connectivity index (χ3n) is 2.18. The highest BCUT2D eigenvalue weighted by Gasteiger charge is 2.27. The molecule has 0 saturated heterocycles. The van der Waals surface area contributed by atoms with Crippen molar-refractivity contribution >= 4 is 11.8 Å². The topological polar surface area (TPSA) is 63.6 Å². The van der Waals surface area contributed by atoms with E-state index in [0.717, 1.165) is 0 Å². The number of carbonyl (C=O) groups is 2. The maximum Gasteiger partial charge on any atom is 0.339 e. The Kier molecular flexibility index (Phi) is 4.31. The molecule has 102 valence electrons. The molecule has 0 fully saturated rings. The van der Waals surface area contributed by atoms with E-state index in [1.807, 2.05) is 0 Å².